The van der Waals surface area contributed by atoms with Crippen LogP contribution in [0, 0.1) is 5.21 Å². The Kier molecular flexibility index (Phi) is 3.55. The highest BCUT2D eigenvalue weighted by atomic mass is 16.5. The van der Waals surface area contributed by atoms with E-state index < -0.39 is 0 Å². The monoisotopic (exact) mass is 225 g/mol. The quantitative estimate of drug-likeness (QED) is 0.446. The number of aromatic nitrogens is 1. The Morgan fingerprint density at radius 3 is 2.47 bits per heavy atom. The molecule has 0 N–H and O–H groups in total. The smallest absolute Gasteiger partial charge is 0.184 e. The van der Waals surface area contributed by atoms with Gasteiger partial charge in [0, 0.05) is 17.5 Å². The van der Waals surface area contributed by atoms with Gasteiger partial charge in [0.05, 0.1) is 0 Å². The van der Waals surface area contributed by atoms with Crippen molar-refractivity contribution in [1.29, 1.82) is 0 Å². The first-order valence-corrected chi connectivity index (χ1v) is 5.66. The van der Waals surface area contributed by atoms with Gasteiger partial charge < -0.3 is 5.21 Å². The topological polar surface area (TPSA) is 26.9 Å². The molecule has 1 unspecified atom stereocenters. The third-order valence-electron chi connectivity index (χ3n) is 2.80. The summed E-state index contributed by atoms with van der Waals surface area (Å²) in [5, 5.41) is 11.3. The van der Waals surface area contributed by atoms with Crippen molar-refractivity contribution in [3.8, 4) is 0 Å². The van der Waals surface area contributed by atoms with Gasteiger partial charge in [-0.15, -0.1) is 6.58 Å². The molecule has 0 aliphatic carbocycles. The lowest BCUT2D eigenvalue weighted by Gasteiger charge is -2.15. The van der Waals surface area contributed by atoms with E-state index in [0.29, 0.717) is 0 Å². The van der Waals surface area contributed by atoms with Crippen LogP contribution in [0.5, 0.6) is 0 Å². The van der Waals surface area contributed by atoms with Crippen molar-refractivity contribution in [2.45, 2.75) is 12.3 Å². The van der Waals surface area contributed by atoms with Crippen LogP contribution in [0.4, 0.5) is 0 Å². The number of allylic oxidation sites excluding steroid dienone is 1. The van der Waals surface area contributed by atoms with Crippen molar-refractivity contribution in [3.05, 3.63) is 83.8 Å². The highest BCUT2D eigenvalue weighted by molar-refractivity contribution is 5.30. The zero-order valence-corrected chi connectivity index (χ0v) is 9.62. The van der Waals surface area contributed by atoms with Gasteiger partial charge in [0.2, 0.25) is 0 Å². The van der Waals surface area contributed by atoms with E-state index in [9.17, 15) is 5.21 Å². The summed E-state index contributed by atoms with van der Waals surface area (Å²) >= 11 is 0. The maximum atomic E-state index is 11.3. The summed E-state index contributed by atoms with van der Waals surface area (Å²) in [6.45, 7) is 3.79. The molecule has 0 saturated heterocycles. The van der Waals surface area contributed by atoms with E-state index in [2.05, 4.69) is 18.7 Å². The number of hydrogen-bond acceptors (Lipinski definition) is 1. The van der Waals surface area contributed by atoms with Crippen molar-refractivity contribution < 1.29 is 4.73 Å². The summed E-state index contributed by atoms with van der Waals surface area (Å²) < 4.78 is 0.842. The van der Waals surface area contributed by atoms with E-state index in [-0.39, 0.29) is 5.92 Å². The number of hydrogen-bond donors (Lipinski definition) is 0. The Morgan fingerprint density at radius 2 is 1.82 bits per heavy atom. The fourth-order valence-corrected chi connectivity index (χ4v) is 1.99. The van der Waals surface area contributed by atoms with Crippen molar-refractivity contribution in [2.75, 3.05) is 0 Å². The molecule has 17 heavy (non-hydrogen) atoms. The van der Waals surface area contributed by atoms with Crippen LogP contribution in [0.3, 0.4) is 0 Å². The molecule has 2 nitrogen and oxygen atoms in total. The first kappa shape index (κ1) is 11.4. The third-order valence-corrected chi connectivity index (χ3v) is 2.80. The fraction of sp³-hybridized carbons (Fsp3) is 0.133. The zero-order chi connectivity index (χ0) is 12.1. The Bertz CT molecular complexity index is 493. The summed E-state index contributed by atoms with van der Waals surface area (Å²) in [5.41, 5.74) is 2.23. The van der Waals surface area contributed by atoms with Gasteiger partial charge in [0.1, 0.15) is 0 Å². The van der Waals surface area contributed by atoms with Crippen molar-refractivity contribution in [1.82, 2.24) is 0 Å². The molecule has 0 radical (unpaired) electrons. The zero-order valence-electron chi connectivity index (χ0n) is 9.62. The molecule has 0 spiro atoms. The Balaban J connectivity index is 2.39. The molecule has 1 aromatic heterocycles. The van der Waals surface area contributed by atoms with Crippen LogP contribution in [0.25, 0.3) is 0 Å². The molecule has 0 aliphatic heterocycles. The lowest BCUT2D eigenvalue weighted by atomic mass is 9.90. The van der Waals surface area contributed by atoms with E-state index >= 15 is 0 Å². The second-order valence-electron chi connectivity index (χ2n) is 3.98. The second kappa shape index (κ2) is 5.30. The molecular weight excluding hydrogens is 210 g/mol. The molecule has 0 aliphatic rings. The first-order valence-electron chi connectivity index (χ1n) is 5.66. The molecule has 1 heterocycles. The summed E-state index contributed by atoms with van der Waals surface area (Å²) in [6.07, 6.45) is 5.84. The molecule has 0 fully saturated rings. The van der Waals surface area contributed by atoms with E-state index in [4.69, 9.17) is 0 Å². The lowest BCUT2D eigenvalue weighted by Crippen LogP contribution is -2.25. The Hall–Kier alpha value is -2.09. The molecule has 1 aromatic carbocycles. The largest absolute Gasteiger partial charge is 0.619 e. The molecule has 0 amide bonds. The van der Waals surface area contributed by atoms with Crippen LogP contribution < -0.4 is 4.73 Å². The average Bonchev–Trinajstić information content (AvgIpc) is 2.37. The standard InChI is InChI=1S/C15H15NO/c1-2-7-15(13-8-4-3-5-9-13)14-10-6-11-16(17)12-14/h2-6,8-12,15H,1,7H2. The van der Waals surface area contributed by atoms with E-state index in [1.807, 2.05) is 30.3 Å². The predicted molar refractivity (Wildman–Crippen MR) is 68.5 cm³/mol. The summed E-state index contributed by atoms with van der Waals surface area (Å²) in [4.78, 5) is 0. The number of benzene rings is 1. The first-order chi connectivity index (χ1) is 8.31. The van der Waals surface area contributed by atoms with Crippen LogP contribution in [0.2, 0.25) is 0 Å². The number of nitrogens with zero attached hydrogens (tertiary/aromatic N) is 1. The van der Waals surface area contributed by atoms with Gasteiger partial charge in [-0.05, 0) is 18.1 Å². The van der Waals surface area contributed by atoms with Crippen LogP contribution in [0.1, 0.15) is 23.5 Å². The van der Waals surface area contributed by atoms with E-state index in [1.54, 1.807) is 12.3 Å². The molecule has 0 bridgehead atoms. The molecule has 2 aromatic rings. The highest BCUT2D eigenvalue weighted by Crippen LogP contribution is 2.27. The minimum Gasteiger partial charge on any atom is -0.619 e. The van der Waals surface area contributed by atoms with Gasteiger partial charge >= 0.3 is 0 Å². The van der Waals surface area contributed by atoms with Crippen LogP contribution >= 0.6 is 0 Å². The summed E-state index contributed by atoms with van der Waals surface area (Å²) in [6, 6.07) is 13.9. The minimum atomic E-state index is 0.204. The molecule has 2 rings (SSSR count). The minimum absolute atomic E-state index is 0.204. The number of rotatable bonds is 4. The van der Waals surface area contributed by atoms with Crippen LogP contribution in [-0.2, 0) is 0 Å². The third kappa shape index (κ3) is 2.72. The van der Waals surface area contributed by atoms with Gasteiger partial charge in [0.15, 0.2) is 12.4 Å². The fourth-order valence-electron chi connectivity index (χ4n) is 1.99. The Morgan fingerprint density at radius 1 is 1.12 bits per heavy atom. The van der Waals surface area contributed by atoms with E-state index in [0.717, 1.165) is 16.7 Å². The maximum Gasteiger partial charge on any atom is 0.184 e. The van der Waals surface area contributed by atoms with Gasteiger partial charge in [-0.1, -0.05) is 36.4 Å². The van der Waals surface area contributed by atoms with Gasteiger partial charge in [-0.25, -0.2) is 0 Å². The molecule has 0 saturated carbocycles. The molecule has 1 atom stereocenters. The average molecular weight is 225 g/mol. The maximum absolute atomic E-state index is 11.3. The summed E-state index contributed by atoms with van der Waals surface area (Å²) in [7, 11) is 0. The van der Waals surface area contributed by atoms with Gasteiger partial charge in [-0.3, -0.25) is 0 Å². The van der Waals surface area contributed by atoms with Crippen molar-refractivity contribution in [2.24, 2.45) is 0 Å². The van der Waals surface area contributed by atoms with Crippen molar-refractivity contribution >= 4 is 0 Å². The highest BCUT2D eigenvalue weighted by Gasteiger charge is 2.14. The van der Waals surface area contributed by atoms with Crippen molar-refractivity contribution in [3.63, 3.8) is 0 Å². The Labute approximate surface area is 101 Å². The molecule has 2 heteroatoms. The summed E-state index contributed by atoms with van der Waals surface area (Å²) in [5.74, 6) is 0.204. The van der Waals surface area contributed by atoms with Gasteiger partial charge in [0.25, 0.3) is 0 Å². The number of pyridine rings is 1. The van der Waals surface area contributed by atoms with E-state index in [1.165, 1.54) is 11.8 Å². The molecule has 86 valence electrons. The van der Waals surface area contributed by atoms with Crippen LogP contribution in [-0.4, -0.2) is 0 Å². The lowest BCUT2D eigenvalue weighted by molar-refractivity contribution is -0.605. The normalized spacial score (nSPS) is 12.0. The predicted octanol–water partition coefficient (Wildman–Crippen LogP) is 3.03. The SMILES string of the molecule is C=CCC(c1ccccc1)c1ccc[n+]([O-])c1. The second-order valence-corrected chi connectivity index (χ2v) is 3.98. The van der Waals surface area contributed by atoms with Crippen LogP contribution in [0.15, 0.2) is 67.5 Å². The van der Waals surface area contributed by atoms with Gasteiger partial charge in [-0.2, -0.15) is 4.73 Å². The molecular formula is C15H15NO.